The quantitative estimate of drug-likeness (QED) is 0.179. The van der Waals surface area contributed by atoms with Crippen molar-refractivity contribution < 1.29 is 18.7 Å². The highest BCUT2D eigenvalue weighted by Gasteiger charge is 2.30. The van der Waals surface area contributed by atoms with Gasteiger partial charge in [0.1, 0.15) is 0 Å². The van der Waals surface area contributed by atoms with E-state index >= 15 is 0 Å². The molecule has 0 spiro atoms. The molecule has 0 bridgehead atoms. The number of hydrogen-bond acceptors (Lipinski definition) is 3. The van der Waals surface area contributed by atoms with Crippen LogP contribution in [0.3, 0.4) is 0 Å². The third-order valence-corrected chi connectivity index (χ3v) is 2.12. The highest BCUT2D eigenvalue weighted by molar-refractivity contribution is 6.70. The minimum absolute atomic E-state index is 0.0510. The molecule has 0 saturated carbocycles. The molecule has 0 aliphatic rings. The fourth-order valence-electron chi connectivity index (χ4n) is 0.828. The van der Waals surface area contributed by atoms with Crippen LogP contribution in [-0.4, -0.2) is 31.4 Å². The Morgan fingerprint density at radius 3 is 2.33 bits per heavy atom. The number of nitrogens with zero attached hydrogens (tertiary/aromatic N) is 2. The van der Waals surface area contributed by atoms with Gasteiger partial charge < -0.3 is 14.7 Å². The van der Waals surface area contributed by atoms with Crippen molar-refractivity contribution in [2.75, 3.05) is 6.61 Å². The van der Waals surface area contributed by atoms with Gasteiger partial charge in [0.25, 0.3) is 0 Å². The molecule has 0 aromatic rings. The molecular formula is C9H16N2O3Si. The fraction of sp³-hybridized carbons (Fsp3) is 0.556. The van der Waals surface area contributed by atoms with Crippen LogP contribution in [0.25, 0.3) is 5.53 Å². The van der Waals surface area contributed by atoms with Gasteiger partial charge in [-0.15, -0.1) is 0 Å². The number of ether oxygens (including phenoxy) is 1. The molecule has 0 unspecified atom stereocenters. The third kappa shape index (κ3) is 5.14. The summed E-state index contributed by atoms with van der Waals surface area (Å²) < 4.78 is 10.1. The average molecular weight is 228 g/mol. The molecular weight excluding hydrogens is 212 g/mol. The van der Waals surface area contributed by atoms with Gasteiger partial charge >= 0.3 is 11.7 Å². The molecule has 0 heterocycles. The van der Waals surface area contributed by atoms with Gasteiger partial charge in [0.2, 0.25) is 8.32 Å². The Kier molecular flexibility index (Phi) is 4.97. The maximum atomic E-state index is 11.3. The molecule has 0 amide bonds. The molecule has 0 aromatic carbocycles. The lowest BCUT2D eigenvalue weighted by atomic mass is 10.3. The zero-order chi connectivity index (χ0) is 12.1. The van der Waals surface area contributed by atoms with E-state index in [0.717, 1.165) is 0 Å². The molecule has 0 aliphatic heterocycles. The van der Waals surface area contributed by atoms with Crippen LogP contribution in [0.4, 0.5) is 0 Å². The number of hydrogen-bond donors (Lipinski definition) is 0. The molecule has 0 N–H and O–H groups in total. The summed E-state index contributed by atoms with van der Waals surface area (Å²) in [4.78, 5) is 14.1. The summed E-state index contributed by atoms with van der Waals surface area (Å²) in [7, 11) is -1.87. The highest BCUT2D eigenvalue weighted by atomic mass is 28.4. The third-order valence-electron chi connectivity index (χ3n) is 1.26. The Morgan fingerprint density at radius 1 is 1.47 bits per heavy atom. The Labute approximate surface area is 90.4 Å². The molecule has 0 radical (unpaired) electrons. The van der Waals surface area contributed by atoms with Crippen molar-refractivity contribution in [3.05, 3.63) is 17.9 Å². The first-order valence-corrected chi connectivity index (χ1v) is 8.00. The topological polar surface area (TPSA) is 71.9 Å². The van der Waals surface area contributed by atoms with Crippen molar-refractivity contribution in [2.24, 2.45) is 0 Å². The zero-order valence-corrected chi connectivity index (χ0v) is 10.5. The van der Waals surface area contributed by atoms with E-state index in [0.29, 0.717) is 0 Å². The molecule has 0 aliphatic carbocycles. The second-order valence-corrected chi connectivity index (χ2v) is 8.24. The Hall–Kier alpha value is -1.39. The van der Waals surface area contributed by atoms with Crippen molar-refractivity contribution in [1.82, 2.24) is 0 Å². The van der Waals surface area contributed by atoms with Crippen molar-refractivity contribution in [1.29, 1.82) is 0 Å². The summed E-state index contributed by atoms with van der Waals surface area (Å²) in [5.74, 6) is -0.682. The van der Waals surface area contributed by atoms with Gasteiger partial charge in [-0.25, -0.2) is 4.79 Å². The molecule has 0 rings (SSSR count). The van der Waals surface area contributed by atoms with E-state index in [1.54, 1.807) is 6.92 Å². The standard InChI is InChI=1S/C9H16N2O3Si/c1-6-13-9(12)8(11-10)7(2)14-15(3,4)5/h2,6H2,1,3-5H3. The largest absolute Gasteiger partial charge is 0.539 e. The second-order valence-electron chi connectivity index (χ2n) is 3.81. The van der Waals surface area contributed by atoms with E-state index in [1.807, 2.05) is 19.6 Å². The van der Waals surface area contributed by atoms with Crippen LogP contribution in [0, 0.1) is 0 Å². The van der Waals surface area contributed by atoms with Gasteiger partial charge in [-0.2, -0.15) is 4.79 Å². The van der Waals surface area contributed by atoms with E-state index < -0.39 is 14.3 Å². The molecule has 5 nitrogen and oxygen atoms in total. The van der Waals surface area contributed by atoms with Gasteiger partial charge in [-0.3, -0.25) is 0 Å². The lowest BCUT2D eigenvalue weighted by Crippen LogP contribution is -2.30. The summed E-state index contributed by atoms with van der Waals surface area (Å²) in [6.07, 6.45) is 0. The lowest BCUT2D eigenvalue weighted by molar-refractivity contribution is -0.139. The number of esters is 1. The minimum atomic E-state index is -1.87. The second kappa shape index (κ2) is 5.48. The molecule has 6 heteroatoms. The average Bonchev–Trinajstić information content (AvgIpc) is 2.02. The monoisotopic (exact) mass is 228 g/mol. The molecule has 0 saturated heterocycles. The highest BCUT2D eigenvalue weighted by Crippen LogP contribution is 2.10. The van der Waals surface area contributed by atoms with E-state index in [9.17, 15) is 4.79 Å². The Morgan fingerprint density at radius 2 is 2.00 bits per heavy atom. The summed E-state index contributed by atoms with van der Waals surface area (Å²) in [5.41, 5.74) is 8.37. The van der Waals surface area contributed by atoms with Gasteiger partial charge in [0.05, 0.1) is 6.61 Å². The predicted molar refractivity (Wildman–Crippen MR) is 58.8 cm³/mol. The van der Waals surface area contributed by atoms with Crippen LogP contribution < -0.4 is 0 Å². The smallest absolute Gasteiger partial charge is 0.438 e. The van der Waals surface area contributed by atoms with E-state index in [1.165, 1.54) is 0 Å². The van der Waals surface area contributed by atoms with Gasteiger partial charge in [0, 0.05) is 0 Å². The maximum Gasteiger partial charge on any atom is 0.438 e. The predicted octanol–water partition coefficient (Wildman–Crippen LogP) is 1.59. The van der Waals surface area contributed by atoms with E-state index in [2.05, 4.69) is 16.1 Å². The maximum absolute atomic E-state index is 11.3. The molecule has 0 aromatic heterocycles. The molecule has 0 fully saturated rings. The molecule has 84 valence electrons. The van der Waals surface area contributed by atoms with Crippen LogP contribution in [0.1, 0.15) is 6.92 Å². The Bertz CT molecular complexity index is 314. The Balaban J connectivity index is 4.66. The number of carbonyl (C=O) groups is 1. The van der Waals surface area contributed by atoms with Crippen LogP contribution in [0.15, 0.2) is 12.3 Å². The lowest BCUT2D eigenvalue weighted by Gasteiger charge is -2.17. The fourth-order valence-corrected chi connectivity index (χ4v) is 1.66. The summed E-state index contributed by atoms with van der Waals surface area (Å²) in [5, 5.41) is 0. The first-order valence-electron chi connectivity index (χ1n) is 4.59. The van der Waals surface area contributed by atoms with Crippen molar-refractivity contribution in [2.45, 2.75) is 26.6 Å². The van der Waals surface area contributed by atoms with Gasteiger partial charge in [0.15, 0.2) is 5.76 Å². The van der Waals surface area contributed by atoms with Crippen LogP contribution in [0.5, 0.6) is 0 Å². The number of rotatable bonds is 5. The molecule has 0 atom stereocenters. The SMILES string of the molecule is C=C(O[Si](C)(C)C)C(=[N+]=[N-])C(=O)OCC. The van der Waals surface area contributed by atoms with Crippen LogP contribution >= 0.6 is 0 Å². The van der Waals surface area contributed by atoms with E-state index in [-0.39, 0.29) is 18.1 Å². The minimum Gasteiger partial charge on any atom is -0.539 e. The number of carbonyl (C=O) groups excluding carboxylic acids is 1. The normalized spacial score (nSPS) is 10.1. The van der Waals surface area contributed by atoms with Crippen molar-refractivity contribution in [3.63, 3.8) is 0 Å². The van der Waals surface area contributed by atoms with Crippen molar-refractivity contribution >= 4 is 20.0 Å². The van der Waals surface area contributed by atoms with E-state index in [4.69, 9.17) is 9.96 Å². The first-order chi connectivity index (χ1) is 6.81. The first kappa shape index (κ1) is 13.6. The van der Waals surface area contributed by atoms with Crippen LogP contribution in [0.2, 0.25) is 19.6 Å². The van der Waals surface area contributed by atoms with Gasteiger partial charge in [-0.1, -0.05) is 0 Å². The van der Waals surface area contributed by atoms with Gasteiger partial charge in [-0.05, 0) is 33.1 Å². The van der Waals surface area contributed by atoms with Crippen molar-refractivity contribution in [3.8, 4) is 0 Å². The van der Waals surface area contributed by atoms with Crippen LogP contribution in [-0.2, 0) is 14.0 Å². The summed E-state index contributed by atoms with van der Waals surface area (Å²) in [6.45, 7) is 11.2. The summed E-state index contributed by atoms with van der Waals surface area (Å²) >= 11 is 0. The summed E-state index contributed by atoms with van der Waals surface area (Å²) in [6, 6.07) is 0. The molecule has 15 heavy (non-hydrogen) atoms. The zero-order valence-electron chi connectivity index (χ0n) is 9.53.